The molecule has 1 aliphatic carbocycles. The minimum atomic E-state index is -1.42. The van der Waals surface area contributed by atoms with Crippen LogP contribution in [0.15, 0.2) is 42.5 Å². The first-order chi connectivity index (χ1) is 15.4. The molecule has 5 atom stereocenters. The lowest BCUT2D eigenvalue weighted by Crippen LogP contribution is -2.55. The second-order valence-corrected chi connectivity index (χ2v) is 9.53. The highest BCUT2D eigenvalue weighted by Gasteiger charge is 2.44. The molecule has 0 spiro atoms. The van der Waals surface area contributed by atoms with Crippen molar-refractivity contribution in [3.05, 3.63) is 69.7 Å². The molecule has 7 heteroatoms. The van der Waals surface area contributed by atoms with Gasteiger partial charge in [-0.15, -0.1) is 0 Å². The number of rotatable bonds is 6. The third-order valence-electron chi connectivity index (χ3n) is 7.11. The van der Waals surface area contributed by atoms with Gasteiger partial charge in [0.05, 0.1) is 13.2 Å². The van der Waals surface area contributed by atoms with Gasteiger partial charge < -0.3 is 30.3 Å². The standard InChI is InChI=1S/C25H31ClO6/c26-19-8-5-16(24-23(31)22(30)21(29)20(13-27)32-24)12-17(19)11-15-3-6-18(7-4-15)25(14-28)9-1-2-10-25/h3-8,12,20-24,27-31H,1-2,9-11,13-14H2/t20-,21-,22+,23-,24+/m1/s1. The van der Waals surface area contributed by atoms with Gasteiger partial charge in [0.2, 0.25) is 0 Å². The fraction of sp³-hybridized carbons (Fsp3) is 0.520. The van der Waals surface area contributed by atoms with E-state index >= 15 is 0 Å². The van der Waals surface area contributed by atoms with Gasteiger partial charge in [0.1, 0.15) is 30.5 Å². The predicted molar refractivity (Wildman–Crippen MR) is 121 cm³/mol. The molecule has 1 aliphatic heterocycles. The molecule has 4 rings (SSSR count). The number of aliphatic hydroxyl groups is 5. The van der Waals surface area contributed by atoms with Crippen molar-refractivity contribution in [1.29, 1.82) is 0 Å². The molecule has 32 heavy (non-hydrogen) atoms. The van der Waals surface area contributed by atoms with Crippen molar-refractivity contribution in [1.82, 2.24) is 0 Å². The highest BCUT2D eigenvalue weighted by atomic mass is 35.5. The Bertz CT molecular complexity index is 909. The molecule has 1 heterocycles. The smallest absolute Gasteiger partial charge is 0.113 e. The number of hydrogen-bond donors (Lipinski definition) is 5. The first kappa shape index (κ1) is 23.6. The minimum absolute atomic E-state index is 0.126. The molecule has 0 amide bonds. The Labute approximate surface area is 193 Å². The van der Waals surface area contributed by atoms with Crippen LogP contribution in [0, 0.1) is 0 Å². The zero-order valence-corrected chi connectivity index (χ0v) is 18.7. The van der Waals surface area contributed by atoms with Crippen molar-refractivity contribution in [2.75, 3.05) is 13.2 Å². The van der Waals surface area contributed by atoms with Gasteiger partial charge in [-0.05, 0) is 47.6 Å². The second kappa shape index (κ2) is 9.77. The van der Waals surface area contributed by atoms with E-state index < -0.39 is 37.1 Å². The van der Waals surface area contributed by atoms with E-state index in [1.54, 1.807) is 12.1 Å². The third kappa shape index (κ3) is 4.46. The molecule has 0 bridgehead atoms. The van der Waals surface area contributed by atoms with Crippen LogP contribution in [0.25, 0.3) is 0 Å². The molecule has 1 saturated carbocycles. The molecule has 0 radical (unpaired) electrons. The van der Waals surface area contributed by atoms with Crippen LogP contribution in [0.5, 0.6) is 0 Å². The van der Waals surface area contributed by atoms with E-state index in [-0.39, 0.29) is 12.0 Å². The van der Waals surface area contributed by atoms with E-state index in [4.69, 9.17) is 16.3 Å². The average molecular weight is 463 g/mol. The van der Waals surface area contributed by atoms with Crippen LogP contribution in [0.4, 0.5) is 0 Å². The number of benzene rings is 2. The van der Waals surface area contributed by atoms with Crippen LogP contribution in [0.2, 0.25) is 5.02 Å². The van der Waals surface area contributed by atoms with E-state index in [1.807, 2.05) is 6.07 Å². The van der Waals surface area contributed by atoms with Crippen LogP contribution in [-0.4, -0.2) is 63.2 Å². The maximum Gasteiger partial charge on any atom is 0.113 e. The van der Waals surface area contributed by atoms with Gasteiger partial charge in [0, 0.05) is 10.4 Å². The summed E-state index contributed by atoms with van der Waals surface area (Å²) in [5, 5.41) is 50.5. The van der Waals surface area contributed by atoms with Crippen LogP contribution >= 0.6 is 11.6 Å². The summed E-state index contributed by atoms with van der Waals surface area (Å²) < 4.78 is 5.68. The monoisotopic (exact) mass is 462 g/mol. The fourth-order valence-corrected chi connectivity index (χ4v) is 5.25. The molecule has 2 aromatic rings. The maximum atomic E-state index is 10.4. The lowest BCUT2D eigenvalue weighted by Gasteiger charge is -2.40. The molecule has 5 N–H and O–H groups in total. The molecule has 0 aromatic heterocycles. The topological polar surface area (TPSA) is 110 Å². The average Bonchev–Trinajstić information content (AvgIpc) is 3.30. The van der Waals surface area contributed by atoms with Crippen molar-refractivity contribution in [2.45, 2.75) is 68.0 Å². The van der Waals surface area contributed by atoms with Gasteiger partial charge in [0.15, 0.2) is 0 Å². The molecule has 2 fully saturated rings. The Morgan fingerprint density at radius 2 is 1.59 bits per heavy atom. The van der Waals surface area contributed by atoms with Crippen LogP contribution in [-0.2, 0) is 16.6 Å². The van der Waals surface area contributed by atoms with E-state index in [1.165, 1.54) is 5.56 Å². The van der Waals surface area contributed by atoms with Gasteiger partial charge in [-0.1, -0.05) is 60.8 Å². The SMILES string of the molecule is OC[C@H]1O[C@@H](c2ccc(Cl)c(Cc3ccc(C4(CO)CCCC4)cc3)c2)[C@H](O)[C@@H](O)[C@@H]1O. The van der Waals surface area contributed by atoms with Gasteiger partial charge in [0.25, 0.3) is 0 Å². The number of ether oxygens (including phenoxy) is 1. The minimum Gasteiger partial charge on any atom is -0.395 e. The van der Waals surface area contributed by atoms with Gasteiger partial charge in [-0.25, -0.2) is 0 Å². The van der Waals surface area contributed by atoms with Crippen LogP contribution in [0.1, 0.15) is 54.0 Å². The van der Waals surface area contributed by atoms with Crippen LogP contribution in [0.3, 0.4) is 0 Å². The normalized spacial score (nSPS) is 29.9. The summed E-state index contributed by atoms with van der Waals surface area (Å²) in [4.78, 5) is 0. The fourth-order valence-electron chi connectivity index (χ4n) is 5.07. The molecule has 6 nitrogen and oxygen atoms in total. The molecule has 0 unspecified atom stereocenters. The predicted octanol–water partition coefficient (Wildman–Crippen LogP) is 2.25. The Morgan fingerprint density at radius 1 is 0.906 bits per heavy atom. The van der Waals surface area contributed by atoms with Crippen molar-refractivity contribution >= 4 is 11.6 Å². The Hall–Kier alpha value is -1.51. The van der Waals surface area contributed by atoms with Gasteiger partial charge in [-0.2, -0.15) is 0 Å². The molecule has 2 aliphatic rings. The third-order valence-corrected chi connectivity index (χ3v) is 7.48. The van der Waals surface area contributed by atoms with Crippen molar-refractivity contribution in [2.24, 2.45) is 0 Å². The van der Waals surface area contributed by atoms with E-state index in [0.29, 0.717) is 17.0 Å². The molecule has 174 valence electrons. The summed E-state index contributed by atoms with van der Waals surface area (Å²) in [5.74, 6) is 0. The highest BCUT2D eigenvalue weighted by molar-refractivity contribution is 6.31. The summed E-state index contributed by atoms with van der Waals surface area (Å²) in [6, 6.07) is 13.6. The van der Waals surface area contributed by atoms with Crippen molar-refractivity contribution < 1.29 is 30.3 Å². The lowest BCUT2D eigenvalue weighted by molar-refractivity contribution is -0.231. The van der Waals surface area contributed by atoms with E-state index in [2.05, 4.69) is 24.3 Å². The second-order valence-electron chi connectivity index (χ2n) is 9.12. The van der Waals surface area contributed by atoms with E-state index in [0.717, 1.165) is 36.8 Å². The Kier molecular flexibility index (Phi) is 7.22. The van der Waals surface area contributed by atoms with Crippen molar-refractivity contribution in [3.8, 4) is 0 Å². The first-order valence-corrected chi connectivity index (χ1v) is 11.6. The molecular weight excluding hydrogens is 432 g/mol. The lowest BCUT2D eigenvalue weighted by atomic mass is 9.79. The summed E-state index contributed by atoms with van der Waals surface area (Å²) in [6.07, 6.45) is -1.13. The summed E-state index contributed by atoms with van der Waals surface area (Å²) in [5.41, 5.74) is 3.56. The first-order valence-electron chi connectivity index (χ1n) is 11.2. The summed E-state index contributed by atoms with van der Waals surface area (Å²) >= 11 is 6.44. The zero-order chi connectivity index (χ0) is 22.9. The summed E-state index contributed by atoms with van der Waals surface area (Å²) in [7, 11) is 0. The number of hydrogen-bond acceptors (Lipinski definition) is 6. The molecule has 1 saturated heterocycles. The maximum absolute atomic E-state index is 10.4. The quantitative estimate of drug-likeness (QED) is 0.450. The molecular formula is C25H31ClO6. The zero-order valence-electron chi connectivity index (χ0n) is 17.9. The van der Waals surface area contributed by atoms with Crippen LogP contribution < -0.4 is 0 Å². The number of aliphatic hydroxyl groups excluding tert-OH is 5. The Morgan fingerprint density at radius 3 is 2.22 bits per heavy atom. The summed E-state index contributed by atoms with van der Waals surface area (Å²) in [6.45, 7) is -0.303. The molecule has 2 aromatic carbocycles. The van der Waals surface area contributed by atoms with E-state index in [9.17, 15) is 25.5 Å². The largest absolute Gasteiger partial charge is 0.395 e. The number of halogens is 1. The highest BCUT2D eigenvalue weighted by Crippen LogP contribution is 2.41. The van der Waals surface area contributed by atoms with Gasteiger partial charge >= 0.3 is 0 Å². The van der Waals surface area contributed by atoms with Gasteiger partial charge in [-0.3, -0.25) is 0 Å². The van der Waals surface area contributed by atoms with Crippen molar-refractivity contribution in [3.63, 3.8) is 0 Å². The Balaban J connectivity index is 1.54.